The van der Waals surface area contributed by atoms with Gasteiger partial charge in [-0.15, -0.1) is 0 Å². The van der Waals surface area contributed by atoms with Crippen molar-refractivity contribution in [1.82, 2.24) is 4.98 Å². The molecule has 0 aromatic carbocycles. The smallest absolute Gasteiger partial charge is 0.173 e. The standard InChI is InChI=1S/C15H24N4O2/c1-10(9-21-3)19(2)15-12(14(16)18-20)8-11-6-4-5-7-13(11)17-15/h8,10,20H,4-7,9H2,1-3H3,(H2,16,18). The van der Waals surface area contributed by atoms with E-state index in [4.69, 9.17) is 20.7 Å². The second kappa shape index (κ2) is 6.76. The van der Waals surface area contributed by atoms with Gasteiger partial charge in [-0.25, -0.2) is 4.98 Å². The highest BCUT2D eigenvalue weighted by atomic mass is 16.5. The lowest BCUT2D eigenvalue weighted by Crippen LogP contribution is -2.35. The topological polar surface area (TPSA) is 84.0 Å². The molecule has 1 aliphatic carbocycles. The highest BCUT2D eigenvalue weighted by Gasteiger charge is 2.21. The Labute approximate surface area is 125 Å². The number of nitrogens with zero attached hydrogens (tertiary/aromatic N) is 3. The Bertz CT molecular complexity index is 531. The van der Waals surface area contributed by atoms with E-state index in [0.717, 1.165) is 24.4 Å². The van der Waals surface area contributed by atoms with E-state index in [2.05, 4.69) is 12.1 Å². The average molecular weight is 292 g/mol. The van der Waals surface area contributed by atoms with Crippen molar-refractivity contribution >= 4 is 11.7 Å². The van der Waals surface area contributed by atoms with Crippen LogP contribution >= 0.6 is 0 Å². The predicted octanol–water partition coefficient (Wildman–Crippen LogP) is 1.53. The number of aryl methyl sites for hydroxylation is 2. The summed E-state index contributed by atoms with van der Waals surface area (Å²) in [7, 11) is 3.63. The van der Waals surface area contributed by atoms with Crippen LogP contribution < -0.4 is 10.6 Å². The molecule has 3 N–H and O–H groups in total. The molecule has 0 saturated carbocycles. The summed E-state index contributed by atoms with van der Waals surface area (Å²) in [6.45, 7) is 2.64. The van der Waals surface area contributed by atoms with Gasteiger partial charge in [0.05, 0.1) is 18.2 Å². The van der Waals surface area contributed by atoms with E-state index in [1.807, 2.05) is 18.0 Å². The van der Waals surface area contributed by atoms with Crippen molar-refractivity contribution in [3.05, 3.63) is 22.9 Å². The van der Waals surface area contributed by atoms with Gasteiger partial charge in [0, 0.05) is 19.9 Å². The van der Waals surface area contributed by atoms with E-state index >= 15 is 0 Å². The van der Waals surface area contributed by atoms with Crippen LogP contribution in [0.4, 0.5) is 5.82 Å². The Kier molecular flexibility index (Phi) is 5.01. The summed E-state index contributed by atoms with van der Waals surface area (Å²) in [6, 6.07) is 2.16. The number of anilines is 1. The molecule has 0 spiro atoms. The molecule has 0 aliphatic heterocycles. The summed E-state index contributed by atoms with van der Waals surface area (Å²) in [5.74, 6) is 0.845. The monoisotopic (exact) mass is 292 g/mol. The third-order valence-corrected chi connectivity index (χ3v) is 4.07. The molecule has 1 aromatic heterocycles. The van der Waals surface area contributed by atoms with Gasteiger partial charge in [-0.2, -0.15) is 0 Å². The van der Waals surface area contributed by atoms with Crippen LogP contribution in [0.5, 0.6) is 0 Å². The lowest BCUT2D eigenvalue weighted by molar-refractivity contribution is 0.183. The van der Waals surface area contributed by atoms with Crippen LogP contribution in [-0.4, -0.2) is 42.8 Å². The molecule has 1 aromatic rings. The van der Waals surface area contributed by atoms with Gasteiger partial charge in [0.2, 0.25) is 0 Å². The zero-order valence-electron chi connectivity index (χ0n) is 13.0. The van der Waals surface area contributed by atoms with Crippen molar-refractivity contribution in [3.63, 3.8) is 0 Å². The van der Waals surface area contributed by atoms with Crippen LogP contribution in [0.15, 0.2) is 11.2 Å². The first-order chi connectivity index (χ1) is 10.1. The highest BCUT2D eigenvalue weighted by Crippen LogP contribution is 2.27. The van der Waals surface area contributed by atoms with Crippen LogP contribution in [0, 0.1) is 0 Å². The molecule has 0 amide bonds. The minimum absolute atomic E-state index is 0.0994. The van der Waals surface area contributed by atoms with E-state index in [0.29, 0.717) is 12.2 Å². The molecular formula is C15H24N4O2. The van der Waals surface area contributed by atoms with Crippen molar-refractivity contribution in [1.29, 1.82) is 0 Å². The van der Waals surface area contributed by atoms with Gasteiger partial charge < -0.3 is 20.6 Å². The zero-order valence-corrected chi connectivity index (χ0v) is 13.0. The Morgan fingerprint density at radius 2 is 2.24 bits per heavy atom. The molecule has 1 atom stereocenters. The Hall–Kier alpha value is -1.82. The van der Waals surface area contributed by atoms with Gasteiger partial charge in [-0.05, 0) is 44.2 Å². The number of oxime groups is 1. The summed E-state index contributed by atoms with van der Waals surface area (Å²) < 4.78 is 5.21. The molecule has 2 rings (SSSR count). The third-order valence-electron chi connectivity index (χ3n) is 4.07. The van der Waals surface area contributed by atoms with Crippen LogP contribution in [0.1, 0.15) is 36.6 Å². The molecule has 6 nitrogen and oxygen atoms in total. The van der Waals surface area contributed by atoms with E-state index in [-0.39, 0.29) is 11.9 Å². The maximum Gasteiger partial charge on any atom is 0.173 e. The average Bonchev–Trinajstić information content (AvgIpc) is 2.52. The van der Waals surface area contributed by atoms with E-state index in [1.165, 1.54) is 18.4 Å². The fraction of sp³-hybridized carbons (Fsp3) is 0.600. The second-order valence-electron chi connectivity index (χ2n) is 5.57. The molecule has 6 heteroatoms. The van der Waals surface area contributed by atoms with Gasteiger partial charge in [0.25, 0.3) is 0 Å². The van der Waals surface area contributed by atoms with Crippen LogP contribution in [-0.2, 0) is 17.6 Å². The normalized spacial score (nSPS) is 16.4. The number of amidine groups is 1. The largest absolute Gasteiger partial charge is 0.409 e. The molecular weight excluding hydrogens is 268 g/mol. The predicted molar refractivity (Wildman–Crippen MR) is 83.1 cm³/mol. The van der Waals surface area contributed by atoms with Crippen molar-refractivity contribution < 1.29 is 9.94 Å². The Morgan fingerprint density at radius 1 is 1.52 bits per heavy atom. The number of ether oxygens (including phenoxy) is 1. The van der Waals surface area contributed by atoms with Crippen LogP contribution in [0.25, 0.3) is 0 Å². The molecule has 0 radical (unpaired) electrons. The first-order valence-corrected chi connectivity index (χ1v) is 7.31. The fourth-order valence-corrected chi connectivity index (χ4v) is 2.70. The maximum absolute atomic E-state index is 9.03. The van der Waals surface area contributed by atoms with Crippen molar-refractivity contribution in [2.75, 3.05) is 25.7 Å². The summed E-state index contributed by atoms with van der Waals surface area (Å²) in [6.07, 6.45) is 4.33. The molecule has 0 fully saturated rings. The number of aromatic nitrogens is 1. The SMILES string of the molecule is COCC(C)N(C)c1nc2c(cc1C(N)=NO)CCCC2. The molecule has 0 saturated heterocycles. The summed E-state index contributed by atoms with van der Waals surface area (Å²) >= 11 is 0. The van der Waals surface area contributed by atoms with Crippen LogP contribution in [0.3, 0.4) is 0 Å². The first-order valence-electron chi connectivity index (χ1n) is 7.31. The molecule has 1 aliphatic rings. The van der Waals surface area contributed by atoms with E-state index in [9.17, 15) is 0 Å². The number of likely N-dealkylation sites (N-methyl/N-ethyl adjacent to an activating group) is 1. The number of pyridine rings is 1. The maximum atomic E-state index is 9.03. The number of rotatable bonds is 5. The number of nitrogens with two attached hydrogens (primary N) is 1. The van der Waals surface area contributed by atoms with Gasteiger partial charge in [-0.3, -0.25) is 0 Å². The molecule has 21 heavy (non-hydrogen) atoms. The second-order valence-corrected chi connectivity index (χ2v) is 5.57. The fourth-order valence-electron chi connectivity index (χ4n) is 2.70. The zero-order chi connectivity index (χ0) is 15.4. The van der Waals surface area contributed by atoms with Crippen molar-refractivity contribution in [2.45, 2.75) is 38.6 Å². The number of fused-ring (bicyclic) bond motifs is 1. The van der Waals surface area contributed by atoms with Crippen molar-refractivity contribution in [2.24, 2.45) is 10.9 Å². The lowest BCUT2D eigenvalue weighted by atomic mass is 9.94. The Morgan fingerprint density at radius 3 is 2.90 bits per heavy atom. The number of hydrogen-bond acceptors (Lipinski definition) is 5. The molecule has 0 bridgehead atoms. The minimum atomic E-state index is 0.0994. The summed E-state index contributed by atoms with van der Waals surface area (Å²) in [4.78, 5) is 6.80. The first kappa shape index (κ1) is 15.6. The number of hydrogen-bond donors (Lipinski definition) is 2. The van der Waals surface area contributed by atoms with Gasteiger partial charge in [0.15, 0.2) is 5.84 Å². The minimum Gasteiger partial charge on any atom is -0.409 e. The van der Waals surface area contributed by atoms with Gasteiger partial charge >= 0.3 is 0 Å². The van der Waals surface area contributed by atoms with E-state index < -0.39 is 0 Å². The Balaban J connectivity index is 2.46. The highest BCUT2D eigenvalue weighted by molar-refractivity contribution is 6.01. The van der Waals surface area contributed by atoms with Crippen molar-refractivity contribution in [3.8, 4) is 0 Å². The van der Waals surface area contributed by atoms with Crippen LogP contribution in [0.2, 0.25) is 0 Å². The molecule has 116 valence electrons. The van der Waals surface area contributed by atoms with Gasteiger partial charge in [-0.1, -0.05) is 5.16 Å². The van der Waals surface area contributed by atoms with E-state index in [1.54, 1.807) is 7.11 Å². The molecule has 1 unspecified atom stereocenters. The molecule has 1 heterocycles. The number of methoxy groups -OCH3 is 1. The quantitative estimate of drug-likeness (QED) is 0.372. The summed E-state index contributed by atoms with van der Waals surface area (Å²) in [5, 5.41) is 12.2. The summed E-state index contributed by atoms with van der Waals surface area (Å²) in [5.41, 5.74) is 8.86. The lowest BCUT2D eigenvalue weighted by Gasteiger charge is -2.29. The van der Waals surface area contributed by atoms with Gasteiger partial charge in [0.1, 0.15) is 5.82 Å². The third kappa shape index (κ3) is 3.26.